The highest BCUT2D eigenvalue weighted by atomic mass is 16.6. The highest BCUT2D eigenvalue weighted by Gasteiger charge is 2.53. The number of nitro groups is 1. The number of nitrogens with one attached hydrogen (secondary N) is 1. The van der Waals surface area contributed by atoms with Crippen molar-refractivity contribution in [1.82, 2.24) is 10.2 Å². The van der Waals surface area contributed by atoms with Gasteiger partial charge in [0.05, 0.1) is 11.5 Å². The number of amides is 2. The van der Waals surface area contributed by atoms with Crippen molar-refractivity contribution in [2.24, 2.45) is 5.92 Å². The second-order valence-corrected chi connectivity index (χ2v) is 7.96. The zero-order valence-electron chi connectivity index (χ0n) is 16.3. The van der Waals surface area contributed by atoms with Gasteiger partial charge in [-0.15, -0.1) is 0 Å². The molecule has 8 heteroatoms. The molecule has 1 N–H and O–H groups in total. The summed E-state index contributed by atoms with van der Waals surface area (Å²) in [5.74, 6) is -0.349. The average Bonchev–Trinajstić information content (AvgIpc) is 3.04. The first-order chi connectivity index (χ1) is 13.3. The van der Waals surface area contributed by atoms with Crippen molar-refractivity contribution in [2.45, 2.75) is 57.7 Å². The van der Waals surface area contributed by atoms with Gasteiger partial charge in [0, 0.05) is 24.2 Å². The predicted octanol–water partition coefficient (Wildman–Crippen LogP) is 2.87. The van der Waals surface area contributed by atoms with Gasteiger partial charge in [-0.05, 0) is 37.7 Å². The minimum atomic E-state index is -0.806. The Bertz CT molecular complexity index is 758. The highest BCUT2D eigenvalue weighted by molar-refractivity contribution is 5.99. The molecule has 1 aromatic carbocycles. The zero-order chi connectivity index (χ0) is 20.3. The van der Waals surface area contributed by atoms with Gasteiger partial charge >= 0.3 is 0 Å². The van der Waals surface area contributed by atoms with Gasteiger partial charge in [-0.3, -0.25) is 24.6 Å². The molecule has 0 unspecified atom stereocenters. The molecule has 1 aliphatic heterocycles. The van der Waals surface area contributed by atoms with E-state index in [9.17, 15) is 19.7 Å². The lowest BCUT2D eigenvalue weighted by atomic mass is 9.89. The van der Waals surface area contributed by atoms with Crippen LogP contribution in [0.1, 0.15) is 56.3 Å². The molecule has 28 heavy (non-hydrogen) atoms. The second-order valence-electron chi connectivity index (χ2n) is 7.96. The Morgan fingerprint density at radius 2 is 2.04 bits per heavy atom. The summed E-state index contributed by atoms with van der Waals surface area (Å²) in [6.45, 7) is 4.66. The van der Waals surface area contributed by atoms with Crippen molar-refractivity contribution < 1.29 is 19.2 Å². The van der Waals surface area contributed by atoms with Crippen molar-refractivity contribution in [3.05, 3.63) is 39.9 Å². The van der Waals surface area contributed by atoms with Crippen molar-refractivity contribution in [1.29, 1.82) is 0 Å². The summed E-state index contributed by atoms with van der Waals surface area (Å²) in [7, 11) is 0. The smallest absolute Gasteiger partial charge is 0.270 e. The van der Waals surface area contributed by atoms with Crippen LogP contribution in [0.25, 0.3) is 0 Å². The predicted molar refractivity (Wildman–Crippen MR) is 103 cm³/mol. The van der Waals surface area contributed by atoms with Gasteiger partial charge < -0.3 is 10.1 Å². The molecule has 1 saturated carbocycles. The van der Waals surface area contributed by atoms with E-state index in [0.717, 1.165) is 19.3 Å². The van der Waals surface area contributed by atoms with E-state index < -0.39 is 22.6 Å². The molecular formula is C20H27N3O5. The standard InChI is InChI=1S/C20H27N3O5/c1-14(2)12-21-18(24)17-13-28-20(9-4-3-5-10-20)22(17)19(25)15-7-6-8-16(11-15)23(26)27/h6-8,11,14,17H,3-5,9-10,12-13H2,1-2H3,(H,21,24)/t17-/m0/s1. The maximum atomic E-state index is 13.4. The molecule has 0 aromatic heterocycles. The van der Waals surface area contributed by atoms with Gasteiger partial charge in [0.15, 0.2) is 0 Å². The van der Waals surface area contributed by atoms with E-state index in [1.165, 1.54) is 18.2 Å². The molecule has 0 radical (unpaired) electrons. The Labute approximate surface area is 164 Å². The SMILES string of the molecule is CC(C)CNC(=O)[C@@H]1COC2(CCCCC2)N1C(=O)c1cccc([N+](=O)[O-])c1. The van der Waals surface area contributed by atoms with Crippen LogP contribution in [-0.4, -0.2) is 46.6 Å². The van der Waals surface area contributed by atoms with Crippen LogP contribution in [0.2, 0.25) is 0 Å². The van der Waals surface area contributed by atoms with Gasteiger partial charge in [0.1, 0.15) is 11.8 Å². The fraction of sp³-hybridized carbons (Fsp3) is 0.600. The first-order valence-corrected chi connectivity index (χ1v) is 9.84. The Balaban J connectivity index is 1.92. The van der Waals surface area contributed by atoms with E-state index in [-0.39, 0.29) is 29.7 Å². The number of nitrogens with zero attached hydrogens (tertiary/aromatic N) is 2. The van der Waals surface area contributed by atoms with E-state index >= 15 is 0 Å². The largest absolute Gasteiger partial charge is 0.354 e. The number of carbonyl (C=O) groups is 2. The van der Waals surface area contributed by atoms with E-state index in [1.54, 1.807) is 11.0 Å². The number of nitro benzene ring substituents is 1. The van der Waals surface area contributed by atoms with Crippen molar-refractivity contribution in [3.8, 4) is 0 Å². The summed E-state index contributed by atoms with van der Waals surface area (Å²) < 4.78 is 6.07. The Morgan fingerprint density at radius 3 is 2.68 bits per heavy atom. The molecule has 1 spiro atoms. The molecule has 1 saturated heterocycles. The van der Waals surface area contributed by atoms with Crippen LogP contribution < -0.4 is 5.32 Å². The third kappa shape index (κ3) is 4.01. The molecule has 2 aliphatic rings. The molecule has 152 valence electrons. The van der Waals surface area contributed by atoms with Crippen LogP contribution in [-0.2, 0) is 9.53 Å². The number of hydrogen-bond donors (Lipinski definition) is 1. The first kappa shape index (κ1) is 20.3. The third-order valence-electron chi connectivity index (χ3n) is 5.41. The number of rotatable bonds is 5. The monoisotopic (exact) mass is 389 g/mol. The van der Waals surface area contributed by atoms with Crippen molar-refractivity contribution >= 4 is 17.5 Å². The van der Waals surface area contributed by atoms with E-state index in [4.69, 9.17) is 4.74 Å². The third-order valence-corrected chi connectivity index (χ3v) is 5.41. The minimum Gasteiger partial charge on any atom is -0.354 e. The van der Waals surface area contributed by atoms with Crippen LogP contribution in [0.15, 0.2) is 24.3 Å². The van der Waals surface area contributed by atoms with Crippen LogP contribution >= 0.6 is 0 Å². The fourth-order valence-corrected chi connectivity index (χ4v) is 3.99. The fourth-order valence-electron chi connectivity index (χ4n) is 3.99. The van der Waals surface area contributed by atoms with E-state index in [2.05, 4.69) is 5.32 Å². The Morgan fingerprint density at radius 1 is 1.32 bits per heavy atom. The maximum absolute atomic E-state index is 13.4. The number of ether oxygens (including phenoxy) is 1. The number of hydrogen-bond acceptors (Lipinski definition) is 5. The molecular weight excluding hydrogens is 362 g/mol. The molecule has 2 fully saturated rings. The average molecular weight is 389 g/mol. The quantitative estimate of drug-likeness (QED) is 0.616. The topological polar surface area (TPSA) is 102 Å². The summed E-state index contributed by atoms with van der Waals surface area (Å²) in [6.07, 6.45) is 4.23. The minimum absolute atomic E-state index is 0.143. The van der Waals surface area contributed by atoms with Crippen LogP contribution in [0.4, 0.5) is 5.69 Å². The summed E-state index contributed by atoms with van der Waals surface area (Å²) in [5, 5.41) is 14.0. The van der Waals surface area contributed by atoms with Gasteiger partial charge in [-0.25, -0.2) is 0 Å². The van der Waals surface area contributed by atoms with Crippen LogP contribution in [0.5, 0.6) is 0 Å². The number of non-ortho nitro benzene ring substituents is 1. The first-order valence-electron chi connectivity index (χ1n) is 9.84. The molecule has 0 bridgehead atoms. The number of carbonyl (C=O) groups excluding carboxylic acids is 2. The van der Waals surface area contributed by atoms with Gasteiger partial charge in [0.25, 0.3) is 11.6 Å². The van der Waals surface area contributed by atoms with Gasteiger partial charge in [0.2, 0.25) is 5.91 Å². The molecule has 1 aliphatic carbocycles. The van der Waals surface area contributed by atoms with E-state index in [0.29, 0.717) is 19.4 Å². The summed E-state index contributed by atoms with van der Waals surface area (Å²) >= 11 is 0. The maximum Gasteiger partial charge on any atom is 0.270 e. The molecule has 1 atom stereocenters. The normalized spacial score (nSPS) is 21.1. The number of benzene rings is 1. The summed E-state index contributed by atoms with van der Waals surface area (Å²) in [4.78, 5) is 38.3. The molecule has 8 nitrogen and oxygen atoms in total. The summed E-state index contributed by atoms with van der Waals surface area (Å²) in [5.41, 5.74) is -0.754. The lowest BCUT2D eigenvalue weighted by molar-refractivity contribution is -0.384. The molecule has 2 amide bonds. The summed E-state index contributed by atoms with van der Waals surface area (Å²) in [6, 6.07) is 4.92. The van der Waals surface area contributed by atoms with Crippen molar-refractivity contribution in [2.75, 3.05) is 13.2 Å². The molecule has 3 rings (SSSR count). The lowest BCUT2D eigenvalue weighted by Gasteiger charge is -2.41. The lowest BCUT2D eigenvalue weighted by Crippen LogP contribution is -2.56. The molecule has 1 heterocycles. The Kier molecular flexibility index (Phi) is 5.98. The van der Waals surface area contributed by atoms with Gasteiger partial charge in [-0.1, -0.05) is 26.3 Å². The highest BCUT2D eigenvalue weighted by Crippen LogP contribution is 2.41. The van der Waals surface area contributed by atoms with Crippen LogP contribution in [0, 0.1) is 16.0 Å². The van der Waals surface area contributed by atoms with Crippen molar-refractivity contribution in [3.63, 3.8) is 0 Å². The van der Waals surface area contributed by atoms with Crippen LogP contribution in [0.3, 0.4) is 0 Å². The zero-order valence-corrected chi connectivity index (χ0v) is 16.3. The van der Waals surface area contributed by atoms with E-state index in [1.807, 2.05) is 13.8 Å². The Hall–Kier alpha value is -2.48. The second kappa shape index (κ2) is 8.26. The van der Waals surface area contributed by atoms with Gasteiger partial charge in [-0.2, -0.15) is 0 Å². The molecule has 1 aromatic rings.